The Kier molecular flexibility index (Phi) is 3.93. The highest BCUT2D eigenvalue weighted by Crippen LogP contribution is 2.41. The van der Waals surface area contributed by atoms with E-state index in [-0.39, 0.29) is 17.7 Å². The molecule has 1 atom stereocenters. The summed E-state index contributed by atoms with van der Waals surface area (Å²) in [5.74, 6) is 0. The predicted molar refractivity (Wildman–Crippen MR) is 73.1 cm³/mol. The minimum absolute atomic E-state index is 0.0729. The fraction of sp³-hybridized carbons (Fsp3) is 0.923. The van der Waals surface area contributed by atoms with E-state index in [0.717, 1.165) is 18.2 Å². The van der Waals surface area contributed by atoms with Crippen molar-refractivity contribution >= 4 is 22.0 Å². The van der Waals surface area contributed by atoms with Gasteiger partial charge in [-0.2, -0.15) is 0 Å². The number of morpholine rings is 1. The number of rotatable bonds is 1. The molecule has 0 aromatic heterocycles. The molecule has 2 aliphatic rings. The molecule has 0 radical (unpaired) electrons. The molecule has 5 heteroatoms. The van der Waals surface area contributed by atoms with E-state index in [4.69, 9.17) is 9.47 Å². The summed E-state index contributed by atoms with van der Waals surface area (Å²) in [6, 6.07) is 0. The maximum absolute atomic E-state index is 12.3. The van der Waals surface area contributed by atoms with E-state index in [1.807, 2.05) is 25.7 Å². The first kappa shape index (κ1) is 14.1. The van der Waals surface area contributed by atoms with E-state index in [1.54, 1.807) is 0 Å². The number of nitrogens with zero attached hydrogens (tertiary/aromatic N) is 1. The Morgan fingerprint density at radius 3 is 2.61 bits per heavy atom. The molecule has 18 heavy (non-hydrogen) atoms. The van der Waals surface area contributed by atoms with Crippen LogP contribution in [0.25, 0.3) is 0 Å². The smallest absolute Gasteiger partial charge is 0.410 e. The molecular formula is C13H22BrNO3. The zero-order chi connectivity index (χ0) is 13.4. The van der Waals surface area contributed by atoms with Crippen LogP contribution in [0.2, 0.25) is 0 Å². The van der Waals surface area contributed by atoms with Crippen molar-refractivity contribution in [3.8, 4) is 0 Å². The quantitative estimate of drug-likeness (QED) is 0.697. The monoisotopic (exact) mass is 319 g/mol. The highest BCUT2D eigenvalue weighted by Gasteiger charge is 2.50. The average molecular weight is 320 g/mol. The molecule has 1 saturated heterocycles. The van der Waals surface area contributed by atoms with E-state index in [2.05, 4.69) is 15.9 Å². The molecule has 4 nitrogen and oxygen atoms in total. The van der Waals surface area contributed by atoms with Gasteiger partial charge in [0.25, 0.3) is 0 Å². The van der Waals surface area contributed by atoms with Crippen LogP contribution in [-0.4, -0.2) is 46.7 Å². The van der Waals surface area contributed by atoms with Gasteiger partial charge in [0, 0.05) is 5.33 Å². The molecule has 2 fully saturated rings. The summed E-state index contributed by atoms with van der Waals surface area (Å²) in [5.41, 5.74) is -0.536. The fourth-order valence-corrected chi connectivity index (χ4v) is 2.87. The van der Waals surface area contributed by atoms with E-state index in [9.17, 15) is 4.79 Å². The molecular weight excluding hydrogens is 298 g/mol. The summed E-state index contributed by atoms with van der Waals surface area (Å²) in [7, 11) is 0. The molecule has 104 valence electrons. The number of carbonyl (C=O) groups is 1. The maximum atomic E-state index is 12.3. The SMILES string of the molecule is CC(C)(C)OC(=O)N1CC(CBr)OCC12CCC2. The Hall–Kier alpha value is -0.290. The number of amides is 1. The van der Waals surface area contributed by atoms with Crippen LogP contribution in [0.3, 0.4) is 0 Å². The lowest BCUT2D eigenvalue weighted by Crippen LogP contribution is -2.65. The summed E-state index contributed by atoms with van der Waals surface area (Å²) in [5, 5.41) is 0.752. The third-order valence-corrected chi connectivity index (χ3v) is 4.34. The van der Waals surface area contributed by atoms with Gasteiger partial charge in [0.1, 0.15) is 5.60 Å². The number of halogens is 1. The first-order chi connectivity index (χ1) is 8.36. The van der Waals surface area contributed by atoms with Crippen LogP contribution in [-0.2, 0) is 9.47 Å². The number of hydrogen-bond acceptors (Lipinski definition) is 3. The van der Waals surface area contributed by atoms with Gasteiger partial charge in [0.15, 0.2) is 0 Å². The molecule has 1 heterocycles. The molecule has 1 aliphatic heterocycles. The Morgan fingerprint density at radius 1 is 1.50 bits per heavy atom. The molecule has 1 saturated carbocycles. The van der Waals surface area contributed by atoms with E-state index in [1.165, 1.54) is 6.42 Å². The third-order valence-electron chi connectivity index (χ3n) is 3.62. The lowest BCUT2D eigenvalue weighted by molar-refractivity contribution is -0.130. The Morgan fingerprint density at radius 2 is 2.17 bits per heavy atom. The first-order valence-electron chi connectivity index (χ1n) is 6.54. The lowest BCUT2D eigenvalue weighted by Gasteiger charge is -2.53. The average Bonchev–Trinajstić information content (AvgIpc) is 2.23. The molecule has 0 aromatic rings. The number of carbonyl (C=O) groups excluding carboxylic acids is 1. The molecule has 1 amide bonds. The van der Waals surface area contributed by atoms with Gasteiger partial charge in [0.2, 0.25) is 0 Å². The number of alkyl halides is 1. The summed E-state index contributed by atoms with van der Waals surface area (Å²) in [6.45, 7) is 6.98. The maximum Gasteiger partial charge on any atom is 0.410 e. The number of hydrogen-bond donors (Lipinski definition) is 0. The van der Waals surface area contributed by atoms with Gasteiger partial charge in [-0.25, -0.2) is 4.79 Å². The molecule has 0 bridgehead atoms. The van der Waals surface area contributed by atoms with Crippen LogP contribution in [0.4, 0.5) is 4.79 Å². The highest BCUT2D eigenvalue weighted by atomic mass is 79.9. The lowest BCUT2D eigenvalue weighted by atomic mass is 9.75. The van der Waals surface area contributed by atoms with Crippen LogP contribution < -0.4 is 0 Å². The topological polar surface area (TPSA) is 38.8 Å². The van der Waals surface area contributed by atoms with Gasteiger partial charge < -0.3 is 9.47 Å². The second-order valence-electron chi connectivity index (χ2n) is 6.26. The van der Waals surface area contributed by atoms with Gasteiger partial charge >= 0.3 is 6.09 Å². The standard InChI is InChI=1S/C13H22BrNO3/c1-12(2,3)18-11(16)15-8-10(7-14)17-9-13(15)5-4-6-13/h10H,4-9H2,1-3H3. The van der Waals surface area contributed by atoms with E-state index < -0.39 is 5.60 Å². The molecule has 1 aliphatic carbocycles. The largest absolute Gasteiger partial charge is 0.444 e. The van der Waals surface area contributed by atoms with Crippen molar-refractivity contribution in [2.75, 3.05) is 18.5 Å². The Labute approximate surface area is 117 Å². The zero-order valence-electron chi connectivity index (χ0n) is 11.4. The summed E-state index contributed by atoms with van der Waals surface area (Å²) >= 11 is 3.42. The third kappa shape index (κ3) is 2.82. The molecule has 0 N–H and O–H groups in total. The molecule has 0 aromatic carbocycles. The van der Waals surface area contributed by atoms with Gasteiger partial charge in [-0.3, -0.25) is 4.90 Å². The van der Waals surface area contributed by atoms with Crippen LogP contribution in [0.15, 0.2) is 0 Å². The Balaban J connectivity index is 2.08. The van der Waals surface area contributed by atoms with E-state index in [0.29, 0.717) is 13.2 Å². The predicted octanol–water partition coefficient (Wildman–Crippen LogP) is 2.94. The minimum Gasteiger partial charge on any atom is -0.444 e. The molecule has 1 spiro atoms. The van der Waals surface area contributed by atoms with Crippen molar-refractivity contribution in [2.45, 2.75) is 57.3 Å². The zero-order valence-corrected chi connectivity index (χ0v) is 13.0. The van der Waals surface area contributed by atoms with Crippen LogP contribution in [0, 0.1) is 0 Å². The van der Waals surface area contributed by atoms with Crippen molar-refractivity contribution in [2.24, 2.45) is 0 Å². The van der Waals surface area contributed by atoms with Crippen LogP contribution in [0.5, 0.6) is 0 Å². The normalized spacial score (nSPS) is 26.9. The molecule has 1 unspecified atom stereocenters. The van der Waals surface area contributed by atoms with Crippen molar-refractivity contribution in [1.29, 1.82) is 0 Å². The Bertz CT molecular complexity index is 323. The summed E-state index contributed by atoms with van der Waals surface area (Å²) in [4.78, 5) is 14.2. The van der Waals surface area contributed by atoms with Crippen molar-refractivity contribution in [3.05, 3.63) is 0 Å². The molecule has 2 rings (SSSR count). The van der Waals surface area contributed by atoms with Crippen LogP contribution in [0.1, 0.15) is 40.0 Å². The second-order valence-corrected chi connectivity index (χ2v) is 6.90. The van der Waals surface area contributed by atoms with Crippen LogP contribution >= 0.6 is 15.9 Å². The van der Waals surface area contributed by atoms with Gasteiger partial charge in [-0.15, -0.1) is 0 Å². The second kappa shape index (κ2) is 5.00. The van der Waals surface area contributed by atoms with Crippen molar-refractivity contribution in [3.63, 3.8) is 0 Å². The summed E-state index contributed by atoms with van der Waals surface area (Å²) < 4.78 is 11.3. The highest BCUT2D eigenvalue weighted by molar-refractivity contribution is 9.09. The minimum atomic E-state index is -0.440. The van der Waals surface area contributed by atoms with Gasteiger partial charge in [0.05, 0.1) is 24.8 Å². The fourth-order valence-electron chi connectivity index (χ4n) is 2.48. The first-order valence-corrected chi connectivity index (χ1v) is 7.67. The summed E-state index contributed by atoms with van der Waals surface area (Å²) in [6.07, 6.45) is 3.10. The number of ether oxygens (including phenoxy) is 2. The van der Waals surface area contributed by atoms with Crippen molar-refractivity contribution < 1.29 is 14.3 Å². The van der Waals surface area contributed by atoms with Crippen molar-refractivity contribution in [1.82, 2.24) is 4.90 Å². The van der Waals surface area contributed by atoms with E-state index >= 15 is 0 Å². The van der Waals surface area contributed by atoms with Gasteiger partial charge in [-0.1, -0.05) is 15.9 Å². The van der Waals surface area contributed by atoms with Gasteiger partial charge in [-0.05, 0) is 40.0 Å².